The van der Waals surface area contributed by atoms with Crippen LogP contribution >= 0.6 is 0 Å². The number of hydrogen-bond donors (Lipinski definition) is 1. The summed E-state index contributed by atoms with van der Waals surface area (Å²) in [5.41, 5.74) is 2.01. The Kier molecular flexibility index (Phi) is 5.59. The molecule has 2 nitrogen and oxygen atoms in total. The van der Waals surface area contributed by atoms with E-state index in [-0.39, 0.29) is 11.7 Å². The van der Waals surface area contributed by atoms with Crippen molar-refractivity contribution in [1.82, 2.24) is 5.32 Å². The number of methoxy groups -OCH3 is 1. The molecule has 96 valence electrons. The zero-order valence-corrected chi connectivity index (χ0v) is 11.1. The number of aryl methyl sites for hydroxylation is 1. The van der Waals surface area contributed by atoms with Gasteiger partial charge in [0.2, 0.25) is 0 Å². The van der Waals surface area contributed by atoms with Crippen LogP contribution in [0.2, 0.25) is 0 Å². The number of benzene rings is 1. The average molecular weight is 239 g/mol. The SMILES string of the molecule is COCCNC(C)C(C)c1cc(C)cc(F)c1. The smallest absolute Gasteiger partial charge is 0.123 e. The maximum absolute atomic E-state index is 13.3. The molecule has 0 aromatic heterocycles. The Morgan fingerprint density at radius 3 is 2.59 bits per heavy atom. The van der Waals surface area contributed by atoms with Crippen LogP contribution in [0.5, 0.6) is 0 Å². The van der Waals surface area contributed by atoms with Crippen LogP contribution < -0.4 is 5.32 Å². The Bertz CT molecular complexity index is 334. The molecule has 0 heterocycles. The molecule has 1 aromatic carbocycles. The zero-order chi connectivity index (χ0) is 12.8. The van der Waals surface area contributed by atoms with Crippen LogP contribution in [0, 0.1) is 12.7 Å². The van der Waals surface area contributed by atoms with Gasteiger partial charge < -0.3 is 10.1 Å². The topological polar surface area (TPSA) is 21.3 Å². The Labute approximate surface area is 103 Å². The minimum Gasteiger partial charge on any atom is -0.383 e. The highest BCUT2D eigenvalue weighted by Gasteiger charge is 2.14. The van der Waals surface area contributed by atoms with Gasteiger partial charge in [0.05, 0.1) is 6.61 Å². The molecule has 0 radical (unpaired) electrons. The van der Waals surface area contributed by atoms with Gasteiger partial charge in [0.15, 0.2) is 0 Å². The van der Waals surface area contributed by atoms with Crippen LogP contribution in [0.15, 0.2) is 18.2 Å². The quantitative estimate of drug-likeness (QED) is 0.771. The molecule has 0 amide bonds. The number of halogens is 1. The molecule has 3 heteroatoms. The van der Waals surface area contributed by atoms with Crippen molar-refractivity contribution < 1.29 is 9.13 Å². The van der Waals surface area contributed by atoms with Crippen LogP contribution in [-0.2, 0) is 4.74 Å². The minimum absolute atomic E-state index is 0.157. The number of rotatable bonds is 6. The molecule has 1 aromatic rings. The fourth-order valence-corrected chi connectivity index (χ4v) is 1.88. The van der Waals surface area contributed by atoms with Gasteiger partial charge in [0.1, 0.15) is 5.82 Å². The van der Waals surface area contributed by atoms with Crippen LogP contribution in [0.4, 0.5) is 4.39 Å². The zero-order valence-electron chi connectivity index (χ0n) is 11.1. The molecule has 0 aliphatic rings. The van der Waals surface area contributed by atoms with E-state index in [0.717, 1.165) is 17.7 Å². The second kappa shape index (κ2) is 6.72. The number of ether oxygens (including phenoxy) is 1. The lowest BCUT2D eigenvalue weighted by Gasteiger charge is -2.22. The van der Waals surface area contributed by atoms with E-state index >= 15 is 0 Å². The summed E-state index contributed by atoms with van der Waals surface area (Å²) in [6, 6.07) is 5.51. The van der Waals surface area contributed by atoms with Crippen LogP contribution in [0.3, 0.4) is 0 Å². The second-order valence-electron chi connectivity index (χ2n) is 4.59. The molecule has 0 saturated heterocycles. The van der Waals surface area contributed by atoms with Crippen molar-refractivity contribution in [2.75, 3.05) is 20.3 Å². The lowest BCUT2D eigenvalue weighted by atomic mass is 9.93. The lowest BCUT2D eigenvalue weighted by molar-refractivity contribution is 0.195. The van der Waals surface area contributed by atoms with E-state index in [4.69, 9.17) is 4.74 Å². The van der Waals surface area contributed by atoms with Gasteiger partial charge in [0.25, 0.3) is 0 Å². The molecular weight excluding hydrogens is 217 g/mol. The highest BCUT2D eigenvalue weighted by molar-refractivity contribution is 5.27. The van der Waals surface area contributed by atoms with E-state index in [1.807, 2.05) is 13.0 Å². The molecule has 0 aliphatic carbocycles. The van der Waals surface area contributed by atoms with Crippen molar-refractivity contribution in [2.24, 2.45) is 0 Å². The van der Waals surface area contributed by atoms with Gasteiger partial charge in [-0.1, -0.05) is 13.0 Å². The first-order chi connectivity index (χ1) is 8.04. The first-order valence-corrected chi connectivity index (χ1v) is 6.04. The summed E-state index contributed by atoms with van der Waals surface area (Å²) >= 11 is 0. The van der Waals surface area contributed by atoms with Crippen molar-refractivity contribution >= 4 is 0 Å². The highest BCUT2D eigenvalue weighted by atomic mass is 19.1. The van der Waals surface area contributed by atoms with Gasteiger partial charge in [-0.05, 0) is 43.0 Å². The minimum atomic E-state index is -0.157. The standard InChI is InChI=1S/C14H22FNO/c1-10-7-13(9-14(15)8-10)11(2)12(3)16-5-6-17-4/h7-9,11-12,16H,5-6H2,1-4H3. The predicted octanol–water partition coefficient (Wildman–Crippen LogP) is 2.86. The first kappa shape index (κ1) is 14.1. The normalized spacial score (nSPS) is 14.6. The summed E-state index contributed by atoms with van der Waals surface area (Å²) < 4.78 is 18.3. The molecule has 0 saturated carbocycles. The van der Waals surface area contributed by atoms with Gasteiger partial charge in [-0.3, -0.25) is 0 Å². The number of nitrogens with one attached hydrogen (secondary N) is 1. The summed E-state index contributed by atoms with van der Waals surface area (Å²) in [4.78, 5) is 0. The predicted molar refractivity (Wildman–Crippen MR) is 68.9 cm³/mol. The Hall–Kier alpha value is -0.930. The monoisotopic (exact) mass is 239 g/mol. The lowest BCUT2D eigenvalue weighted by Crippen LogP contribution is -2.33. The van der Waals surface area contributed by atoms with E-state index < -0.39 is 0 Å². The van der Waals surface area contributed by atoms with E-state index in [0.29, 0.717) is 12.6 Å². The van der Waals surface area contributed by atoms with Gasteiger partial charge >= 0.3 is 0 Å². The van der Waals surface area contributed by atoms with Crippen LogP contribution in [0.1, 0.15) is 30.9 Å². The summed E-state index contributed by atoms with van der Waals surface area (Å²) in [5, 5.41) is 3.37. The molecule has 1 N–H and O–H groups in total. The largest absolute Gasteiger partial charge is 0.383 e. The molecule has 1 rings (SSSR count). The fourth-order valence-electron chi connectivity index (χ4n) is 1.88. The molecular formula is C14H22FNO. The van der Waals surface area contributed by atoms with Crippen molar-refractivity contribution in [3.63, 3.8) is 0 Å². The molecule has 2 unspecified atom stereocenters. The van der Waals surface area contributed by atoms with Gasteiger partial charge in [-0.2, -0.15) is 0 Å². The van der Waals surface area contributed by atoms with Crippen LogP contribution in [-0.4, -0.2) is 26.3 Å². The Balaban J connectivity index is 2.64. The van der Waals surface area contributed by atoms with Crippen LogP contribution in [0.25, 0.3) is 0 Å². The first-order valence-electron chi connectivity index (χ1n) is 6.04. The maximum Gasteiger partial charge on any atom is 0.123 e. The molecule has 0 fully saturated rings. The highest BCUT2D eigenvalue weighted by Crippen LogP contribution is 2.21. The van der Waals surface area contributed by atoms with E-state index in [1.54, 1.807) is 19.2 Å². The third kappa shape index (κ3) is 4.44. The summed E-state index contributed by atoms with van der Waals surface area (Å²) in [6.07, 6.45) is 0. The molecule has 0 spiro atoms. The second-order valence-corrected chi connectivity index (χ2v) is 4.59. The molecule has 17 heavy (non-hydrogen) atoms. The van der Waals surface area contributed by atoms with E-state index in [1.165, 1.54) is 0 Å². The van der Waals surface area contributed by atoms with Crippen molar-refractivity contribution in [3.8, 4) is 0 Å². The number of hydrogen-bond acceptors (Lipinski definition) is 2. The van der Waals surface area contributed by atoms with Gasteiger partial charge in [-0.15, -0.1) is 0 Å². The van der Waals surface area contributed by atoms with E-state index in [2.05, 4.69) is 19.2 Å². The summed E-state index contributed by atoms with van der Waals surface area (Å²) in [5.74, 6) is 0.122. The van der Waals surface area contributed by atoms with Crippen molar-refractivity contribution in [1.29, 1.82) is 0 Å². The molecule has 0 aliphatic heterocycles. The Morgan fingerprint density at radius 2 is 2.00 bits per heavy atom. The Morgan fingerprint density at radius 1 is 1.29 bits per heavy atom. The summed E-state index contributed by atoms with van der Waals surface area (Å²) in [7, 11) is 1.69. The van der Waals surface area contributed by atoms with E-state index in [9.17, 15) is 4.39 Å². The van der Waals surface area contributed by atoms with Crippen molar-refractivity contribution in [3.05, 3.63) is 35.1 Å². The summed E-state index contributed by atoms with van der Waals surface area (Å²) in [6.45, 7) is 7.65. The van der Waals surface area contributed by atoms with Gasteiger partial charge in [0, 0.05) is 19.7 Å². The third-order valence-electron chi connectivity index (χ3n) is 3.11. The van der Waals surface area contributed by atoms with Crippen molar-refractivity contribution in [2.45, 2.75) is 32.7 Å². The van der Waals surface area contributed by atoms with Gasteiger partial charge in [-0.25, -0.2) is 4.39 Å². The average Bonchev–Trinajstić information content (AvgIpc) is 2.27. The fraction of sp³-hybridized carbons (Fsp3) is 0.571. The molecule has 0 bridgehead atoms. The third-order valence-corrected chi connectivity index (χ3v) is 3.11. The maximum atomic E-state index is 13.3. The molecule has 2 atom stereocenters.